The van der Waals surface area contributed by atoms with Crippen molar-refractivity contribution in [2.24, 2.45) is 0 Å². The van der Waals surface area contributed by atoms with Gasteiger partial charge in [-0.3, -0.25) is 0 Å². The van der Waals surface area contributed by atoms with Crippen molar-refractivity contribution >= 4 is 11.6 Å². The Hall–Kier alpha value is -1.53. The molecular weight excluding hydrogens is 384 g/mol. The highest BCUT2D eigenvalue weighted by atomic mass is 35.5. The van der Waals surface area contributed by atoms with Crippen LogP contribution in [-0.4, -0.2) is 24.0 Å². The number of hydrogen-bond acceptors (Lipinski definition) is 2. The van der Waals surface area contributed by atoms with Crippen molar-refractivity contribution in [1.29, 1.82) is 0 Å². The SMILES string of the molecule is COc1ccc(F)cc1C(C)(C)CC(O)(CC1=C(Cl)CCC=C1)C(F)(F)F. The predicted octanol–water partition coefficient (Wildman–Crippen LogP) is 6.03. The van der Waals surface area contributed by atoms with Crippen molar-refractivity contribution < 1.29 is 27.4 Å². The van der Waals surface area contributed by atoms with Gasteiger partial charge in [0.15, 0.2) is 5.60 Å². The molecule has 0 saturated carbocycles. The van der Waals surface area contributed by atoms with Gasteiger partial charge in [-0.25, -0.2) is 4.39 Å². The Kier molecular flexibility index (Phi) is 6.32. The Bertz CT molecular complexity index is 753. The van der Waals surface area contributed by atoms with Crippen LogP contribution in [0.15, 0.2) is 41.0 Å². The van der Waals surface area contributed by atoms with Gasteiger partial charge in [-0.1, -0.05) is 37.6 Å². The Morgan fingerprint density at radius 2 is 1.89 bits per heavy atom. The van der Waals surface area contributed by atoms with Gasteiger partial charge in [0.05, 0.1) is 7.11 Å². The predicted molar refractivity (Wildman–Crippen MR) is 97.5 cm³/mol. The van der Waals surface area contributed by atoms with Crippen molar-refractivity contribution in [3.63, 3.8) is 0 Å². The van der Waals surface area contributed by atoms with E-state index in [1.165, 1.54) is 39.2 Å². The summed E-state index contributed by atoms with van der Waals surface area (Å²) in [6.07, 6.45) is -1.86. The molecule has 0 radical (unpaired) electrons. The lowest BCUT2D eigenvalue weighted by Gasteiger charge is -2.39. The number of methoxy groups -OCH3 is 1. The van der Waals surface area contributed by atoms with E-state index in [1.807, 2.05) is 0 Å². The van der Waals surface area contributed by atoms with Gasteiger partial charge in [-0.15, -0.1) is 0 Å². The molecule has 2 nitrogen and oxygen atoms in total. The fraction of sp³-hybridized carbons (Fsp3) is 0.500. The van der Waals surface area contributed by atoms with E-state index in [9.17, 15) is 22.7 Å². The van der Waals surface area contributed by atoms with Crippen LogP contribution in [0.5, 0.6) is 5.75 Å². The van der Waals surface area contributed by atoms with Gasteiger partial charge in [-0.05, 0) is 48.4 Å². The molecule has 1 aromatic carbocycles. The van der Waals surface area contributed by atoms with E-state index in [0.29, 0.717) is 17.9 Å². The van der Waals surface area contributed by atoms with Crippen LogP contribution in [0, 0.1) is 5.82 Å². The number of benzene rings is 1. The van der Waals surface area contributed by atoms with Crippen LogP contribution in [-0.2, 0) is 5.41 Å². The van der Waals surface area contributed by atoms with E-state index in [0.717, 1.165) is 6.07 Å². The highest BCUT2D eigenvalue weighted by molar-refractivity contribution is 6.30. The molecule has 0 fully saturated rings. The van der Waals surface area contributed by atoms with Crippen molar-refractivity contribution in [3.05, 3.63) is 52.3 Å². The molecule has 0 spiro atoms. The van der Waals surface area contributed by atoms with Gasteiger partial charge in [0.2, 0.25) is 0 Å². The maximum absolute atomic E-state index is 13.8. The van der Waals surface area contributed by atoms with Crippen molar-refractivity contribution in [3.8, 4) is 5.75 Å². The first-order valence-corrected chi connectivity index (χ1v) is 8.94. The van der Waals surface area contributed by atoms with Crippen LogP contribution in [0.2, 0.25) is 0 Å². The van der Waals surface area contributed by atoms with E-state index >= 15 is 0 Å². The smallest absolute Gasteiger partial charge is 0.417 e. The molecule has 0 saturated heterocycles. The summed E-state index contributed by atoms with van der Waals surface area (Å²) in [7, 11) is 1.36. The van der Waals surface area contributed by atoms with Crippen molar-refractivity contribution in [1.82, 2.24) is 0 Å². The van der Waals surface area contributed by atoms with Crippen molar-refractivity contribution in [2.45, 2.75) is 56.7 Å². The van der Waals surface area contributed by atoms with Gasteiger partial charge in [-0.2, -0.15) is 13.2 Å². The summed E-state index contributed by atoms with van der Waals surface area (Å²) in [5, 5.41) is 11.0. The van der Waals surface area contributed by atoms with E-state index in [2.05, 4.69) is 0 Å². The second-order valence-electron chi connectivity index (χ2n) is 7.48. The maximum atomic E-state index is 13.8. The van der Waals surface area contributed by atoms with E-state index in [-0.39, 0.29) is 16.9 Å². The molecule has 1 aliphatic rings. The van der Waals surface area contributed by atoms with Gasteiger partial charge in [0.1, 0.15) is 11.6 Å². The molecule has 1 unspecified atom stereocenters. The summed E-state index contributed by atoms with van der Waals surface area (Å²) in [6, 6.07) is 3.68. The summed E-state index contributed by atoms with van der Waals surface area (Å²) < 4.78 is 60.5. The molecule has 1 N–H and O–H groups in total. The van der Waals surface area contributed by atoms with Gasteiger partial charge in [0.25, 0.3) is 0 Å². The molecule has 0 heterocycles. The summed E-state index contributed by atoms with van der Waals surface area (Å²) in [5.74, 6) is -0.323. The Morgan fingerprint density at radius 3 is 2.44 bits per heavy atom. The van der Waals surface area contributed by atoms with Crippen LogP contribution in [0.25, 0.3) is 0 Å². The van der Waals surface area contributed by atoms with Gasteiger partial charge >= 0.3 is 6.18 Å². The molecule has 1 atom stereocenters. The average Bonchev–Trinajstić information content (AvgIpc) is 2.55. The molecule has 1 aromatic rings. The molecular formula is C20H23ClF4O2. The molecule has 27 heavy (non-hydrogen) atoms. The third-order valence-corrected chi connectivity index (χ3v) is 5.27. The Labute approximate surface area is 161 Å². The number of ether oxygens (including phenoxy) is 1. The highest BCUT2D eigenvalue weighted by Crippen LogP contribution is 2.47. The molecule has 1 aliphatic carbocycles. The zero-order valence-corrected chi connectivity index (χ0v) is 16.2. The molecule has 0 aliphatic heterocycles. The molecule has 7 heteroatoms. The quantitative estimate of drug-likeness (QED) is 0.584. The number of halogens is 5. The minimum Gasteiger partial charge on any atom is -0.496 e. The second-order valence-corrected chi connectivity index (χ2v) is 7.94. The Morgan fingerprint density at radius 1 is 1.22 bits per heavy atom. The molecule has 0 bridgehead atoms. The topological polar surface area (TPSA) is 29.5 Å². The first-order valence-electron chi connectivity index (χ1n) is 8.57. The molecule has 150 valence electrons. The minimum absolute atomic E-state index is 0.256. The summed E-state index contributed by atoms with van der Waals surface area (Å²) >= 11 is 6.08. The standard InChI is InChI=1S/C20H23ClF4O2/c1-18(2,15-10-14(22)8-9-17(15)27-3)12-19(26,20(23,24)25)11-13-6-4-5-7-16(13)21/h4,6,8-10,26H,5,7,11-12H2,1-3H3. The Balaban J connectivity index is 2.44. The fourth-order valence-electron chi connectivity index (χ4n) is 3.45. The molecule has 2 rings (SSSR count). The number of rotatable bonds is 6. The van der Waals surface area contributed by atoms with E-state index in [1.54, 1.807) is 6.08 Å². The minimum atomic E-state index is -4.89. The monoisotopic (exact) mass is 406 g/mol. The lowest BCUT2D eigenvalue weighted by molar-refractivity contribution is -0.266. The third-order valence-electron chi connectivity index (χ3n) is 4.83. The number of alkyl halides is 3. The normalized spacial score (nSPS) is 17.8. The largest absolute Gasteiger partial charge is 0.496 e. The fourth-order valence-corrected chi connectivity index (χ4v) is 3.69. The lowest BCUT2D eigenvalue weighted by Crippen LogP contribution is -2.49. The van der Waals surface area contributed by atoms with Crippen molar-refractivity contribution in [2.75, 3.05) is 7.11 Å². The first-order chi connectivity index (χ1) is 12.4. The summed E-state index contributed by atoms with van der Waals surface area (Å²) in [5.41, 5.74) is -3.72. The van der Waals surface area contributed by atoms with Crippen LogP contribution < -0.4 is 4.74 Å². The summed E-state index contributed by atoms with van der Waals surface area (Å²) in [4.78, 5) is 0. The lowest BCUT2D eigenvalue weighted by atomic mass is 9.72. The highest BCUT2D eigenvalue weighted by Gasteiger charge is 2.56. The van der Waals surface area contributed by atoms with Crippen LogP contribution >= 0.6 is 11.6 Å². The molecule has 0 aromatic heterocycles. The number of allylic oxidation sites excluding steroid dienone is 3. The van der Waals surface area contributed by atoms with Crippen LogP contribution in [0.4, 0.5) is 17.6 Å². The van der Waals surface area contributed by atoms with Crippen LogP contribution in [0.1, 0.15) is 45.1 Å². The van der Waals surface area contributed by atoms with E-state index < -0.39 is 35.9 Å². The summed E-state index contributed by atoms with van der Waals surface area (Å²) in [6.45, 7) is 3.04. The second kappa shape index (κ2) is 7.84. The van der Waals surface area contributed by atoms with E-state index in [4.69, 9.17) is 16.3 Å². The zero-order valence-electron chi connectivity index (χ0n) is 15.5. The zero-order chi connectivity index (χ0) is 20.5. The first kappa shape index (κ1) is 21.8. The number of aliphatic hydroxyl groups is 1. The van der Waals surface area contributed by atoms with Gasteiger partial charge in [0, 0.05) is 17.0 Å². The molecule has 0 amide bonds. The average molecular weight is 407 g/mol. The number of hydrogen-bond donors (Lipinski definition) is 1. The maximum Gasteiger partial charge on any atom is 0.417 e. The van der Waals surface area contributed by atoms with Gasteiger partial charge < -0.3 is 9.84 Å². The third kappa shape index (κ3) is 4.85. The van der Waals surface area contributed by atoms with Crippen LogP contribution in [0.3, 0.4) is 0 Å².